The van der Waals surface area contributed by atoms with E-state index in [1.165, 1.54) is 0 Å². The van der Waals surface area contributed by atoms with Gasteiger partial charge in [0.15, 0.2) is 0 Å². The van der Waals surface area contributed by atoms with Crippen LogP contribution in [0.1, 0.15) is 6.42 Å². The zero-order chi connectivity index (χ0) is 9.14. The molecule has 1 heterocycles. The lowest BCUT2D eigenvalue weighted by Gasteiger charge is -2.04. The monoisotopic (exact) mass is 165 g/mol. The topological polar surface area (TPSA) is 49.3 Å². The minimum atomic E-state index is -0.841. The van der Waals surface area contributed by atoms with Gasteiger partial charge in [-0.05, 0) is 11.6 Å². The van der Waals surface area contributed by atoms with Crippen LogP contribution in [0.25, 0.3) is 0 Å². The van der Waals surface area contributed by atoms with Crippen molar-refractivity contribution in [3.8, 4) is 0 Å². The molecule has 0 spiro atoms. The fourth-order valence-electron chi connectivity index (χ4n) is 1.19. The zero-order valence-corrected chi connectivity index (χ0v) is 6.71. The van der Waals surface area contributed by atoms with Gasteiger partial charge in [-0.3, -0.25) is 0 Å². The van der Waals surface area contributed by atoms with Gasteiger partial charge in [0, 0.05) is 12.1 Å². The third-order valence-corrected chi connectivity index (χ3v) is 1.85. The third-order valence-electron chi connectivity index (χ3n) is 1.85. The maximum atomic E-state index is 10.6. The number of allylic oxidation sites excluding steroid dienone is 2. The van der Waals surface area contributed by atoms with Gasteiger partial charge >= 0.3 is 5.97 Å². The summed E-state index contributed by atoms with van der Waals surface area (Å²) in [6, 6.07) is -0.522. The third kappa shape index (κ3) is 1.39. The van der Waals surface area contributed by atoms with E-state index in [0.717, 1.165) is 11.3 Å². The van der Waals surface area contributed by atoms with Gasteiger partial charge in [-0.15, -0.1) is 0 Å². The van der Waals surface area contributed by atoms with Crippen molar-refractivity contribution in [3.05, 3.63) is 36.6 Å². The van der Waals surface area contributed by atoms with Crippen molar-refractivity contribution >= 4 is 5.97 Å². The van der Waals surface area contributed by atoms with E-state index < -0.39 is 12.0 Å². The van der Waals surface area contributed by atoms with Crippen LogP contribution < -0.4 is 5.32 Å². The first-order valence-corrected chi connectivity index (χ1v) is 3.66. The number of aliphatic carboxylic acids is 1. The molecule has 3 heteroatoms. The summed E-state index contributed by atoms with van der Waals surface area (Å²) in [5, 5.41) is 11.5. The smallest absolute Gasteiger partial charge is 0.326 e. The Morgan fingerprint density at radius 1 is 1.58 bits per heavy atom. The quantitative estimate of drug-likeness (QED) is 0.657. The standard InChI is InChI=1S/C9H11NO2/c1-3-6-5-8(9(11)12)10-7(6)4-2/h3-4,8,10H,1-2,5H2,(H,11,12). The Morgan fingerprint density at radius 3 is 2.58 bits per heavy atom. The van der Waals surface area contributed by atoms with Crippen molar-refractivity contribution in [1.29, 1.82) is 0 Å². The van der Waals surface area contributed by atoms with Crippen LogP contribution in [0.5, 0.6) is 0 Å². The molecule has 1 aliphatic rings. The predicted octanol–water partition coefficient (Wildman–Crippen LogP) is 1.06. The van der Waals surface area contributed by atoms with Gasteiger partial charge in [-0.1, -0.05) is 19.2 Å². The summed E-state index contributed by atoms with van der Waals surface area (Å²) in [6.07, 6.45) is 3.76. The van der Waals surface area contributed by atoms with E-state index in [4.69, 9.17) is 5.11 Å². The average Bonchev–Trinajstić information content (AvgIpc) is 2.46. The summed E-state index contributed by atoms with van der Waals surface area (Å²) < 4.78 is 0. The summed E-state index contributed by atoms with van der Waals surface area (Å²) in [5.74, 6) is -0.841. The summed E-state index contributed by atoms with van der Waals surface area (Å²) >= 11 is 0. The number of hydrogen-bond acceptors (Lipinski definition) is 2. The molecule has 2 N–H and O–H groups in total. The van der Waals surface area contributed by atoms with Crippen LogP contribution >= 0.6 is 0 Å². The van der Waals surface area contributed by atoms with Crippen LogP contribution in [0, 0.1) is 0 Å². The van der Waals surface area contributed by atoms with Crippen LogP contribution in [0.15, 0.2) is 36.6 Å². The number of rotatable bonds is 3. The molecule has 12 heavy (non-hydrogen) atoms. The normalized spacial score (nSPS) is 21.8. The molecule has 0 aromatic carbocycles. The summed E-state index contributed by atoms with van der Waals surface area (Å²) in [5.41, 5.74) is 1.69. The highest BCUT2D eigenvalue weighted by molar-refractivity contribution is 5.75. The van der Waals surface area contributed by atoms with E-state index in [2.05, 4.69) is 18.5 Å². The summed E-state index contributed by atoms with van der Waals surface area (Å²) in [4.78, 5) is 10.6. The highest BCUT2D eigenvalue weighted by atomic mass is 16.4. The van der Waals surface area contributed by atoms with Gasteiger partial charge in [0.25, 0.3) is 0 Å². The fraction of sp³-hybridized carbons (Fsp3) is 0.222. The average molecular weight is 165 g/mol. The van der Waals surface area contributed by atoms with Crippen molar-refractivity contribution in [2.45, 2.75) is 12.5 Å². The van der Waals surface area contributed by atoms with Crippen LogP contribution in [0.2, 0.25) is 0 Å². The van der Waals surface area contributed by atoms with Gasteiger partial charge < -0.3 is 10.4 Å². The maximum absolute atomic E-state index is 10.6. The van der Waals surface area contributed by atoms with Crippen molar-refractivity contribution in [1.82, 2.24) is 5.32 Å². The minimum absolute atomic E-state index is 0.486. The van der Waals surface area contributed by atoms with Crippen molar-refractivity contribution in [2.75, 3.05) is 0 Å². The van der Waals surface area contributed by atoms with E-state index in [1.54, 1.807) is 12.2 Å². The Hall–Kier alpha value is -1.51. The zero-order valence-electron chi connectivity index (χ0n) is 6.71. The van der Waals surface area contributed by atoms with Crippen LogP contribution in [-0.4, -0.2) is 17.1 Å². The van der Waals surface area contributed by atoms with Gasteiger partial charge in [0.2, 0.25) is 0 Å². The van der Waals surface area contributed by atoms with E-state index in [0.29, 0.717) is 6.42 Å². The lowest BCUT2D eigenvalue weighted by atomic mass is 10.1. The molecule has 3 nitrogen and oxygen atoms in total. The molecule has 1 rings (SSSR count). The van der Waals surface area contributed by atoms with E-state index >= 15 is 0 Å². The molecule has 0 aromatic rings. The van der Waals surface area contributed by atoms with Gasteiger partial charge in [-0.2, -0.15) is 0 Å². The largest absolute Gasteiger partial charge is 0.480 e. The molecule has 64 valence electrons. The first-order chi connectivity index (χ1) is 5.69. The molecule has 0 bridgehead atoms. The second-order valence-electron chi connectivity index (χ2n) is 2.59. The summed E-state index contributed by atoms with van der Waals surface area (Å²) in [6.45, 7) is 7.17. The van der Waals surface area contributed by atoms with Crippen molar-refractivity contribution in [3.63, 3.8) is 0 Å². The second kappa shape index (κ2) is 3.26. The fourth-order valence-corrected chi connectivity index (χ4v) is 1.19. The lowest BCUT2D eigenvalue weighted by Crippen LogP contribution is -2.30. The molecule has 0 aliphatic carbocycles. The van der Waals surface area contributed by atoms with Crippen LogP contribution in [0.3, 0.4) is 0 Å². The Bertz CT molecular complexity index is 246. The molecule has 0 aromatic heterocycles. The SMILES string of the molecule is C=CC1=C(C=C)NC(C(=O)O)C1. The van der Waals surface area contributed by atoms with E-state index in [-0.39, 0.29) is 0 Å². The van der Waals surface area contributed by atoms with Gasteiger partial charge in [0.05, 0.1) is 0 Å². The van der Waals surface area contributed by atoms with Crippen molar-refractivity contribution < 1.29 is 9.90 Å². The number of carboxylic acid groups (broad SMARTS) is 1. The number of hydrogen-bond donors (Lipinski definition) is 2. The highest BCUT2D eigenvalue weighted by Crippen LogP contribution is 2.19. The molecule has 0 saturated heterocycles. The molecule has 1 aliphatic heterocycles. The Morgan fingerprint density at radius 2 is 2.25 bits per heavy atom. The highest BCUT2D eigenvalue weighted by Gasteiger charge is 2.25. The first kappa shape index (κ1) is 8.59. The second-order valence-corrected chi connectivity index (χ2v) is 2.59. The number of carbonyl (C=O) groups is 1. The van der Waals surface area contributed by atoms with Crippen LogP contribution in [-0.2, 0) is 4.79 Å². The van der Waals surface area contributed by atoms with E-state index in [9.17, 15) is 4.79 Å². The van der Waals surface area contributed by atoms with E-state index in [1.807, 2.05) is 0 Å². The predicted molar refractivity (Wildman–Crippen MR) is 46.6 cm³/mol. The molecule has 0 fully saturated rings. The molecule has 1 unspecified atom stereocenters. The Labute approximate surface area is 71.1 Å². The Balaban J connectivity index is 2.78. The molecule has 0 saturated carbocycles. The molecule has 1 atom stereocenters. The maximum Gasteiger partial charge on any atom is 0.326 e. The molecule has 0 amide bonds. The Kier molecular flexibility index (Phi) is 2.33. The van der Waals surface area contributed by atoms with Gasteiger partial charge in [-0.25, -0.2) is 4.79 Å². The minimum Gasteiger partial charge on any atom is -0.480 e. The van der Waals surface area contributed by atoms with Crippen molar-refractivity contribution in [2.24, 2.45) is 0 Å². The van der Waals surface area contributed by atoms with Gasteiger partial charge in [0.1, 0.15) is 6.04 Å². The molecular weight excluding hydrogens is 154 g/mol. The number of carboxylic acids is 1. The molecule has 0 radical (unpaired) electrons. The first-order valence-electron chi connectivity index (χ1n) is 3.66. The molecular formula is C9H11NO2. The lowest BCUT2D eigenvalue weighted by molar-refractivity contribution is -0.138. The van der Waals surface area contributed by atoms with Crippen LogP contribution in [0.4, 0.5) is 0 Å². The number of nitrogens with one attached hydrogen (secondary N) is 1. The summed E-state index contributed by atoms with van der Waals surface area (Å²) in [7, 11) is 0.